The molecule has 116 valence electrons. The van der Waals surface area contributed by atoms with Gasteiger partial charge < -0.3 is 11.1 Å². The lowest BCUT2D eigenvalue weighted by Crippen LogP contribution is -2.48. The Morgan fingerprint density at radius 2 is 2.10 bits per heavy atom. The van der Waals surface area contributed by atoms with Crippen LogP contribution < -0.4 is 11.1 Å². The zero-order valence-electron chi connectivity index (χ0n) is 13.5. The van der Waals surface area contributed by atoms with Crippen molar-refractivity contribution in [1.82, 2.24) is 4.90 Å². The predicted octanol–water partition coefficient (Wildman–Crippen LogP) is 2.88. The van der Waals surface area contributed by atoms with E-state index in [1.165, 1.54) is 6.42 Å². The zero-order chi connectivity index (χ0) is 15.6. The van der Waals surface area contributed by atoms with Gasteiger partial charge in [-0.2, -0.15) is 0 Å². The fourth-order valence-electron chi connectivity index (χ4n) is 2.88. The van der Waals surface area contributed by atoms with Gasteiger partial charge in [0.1, 0.15) is 0 Å². The molecule has 1 amide bonds. The number of nitrogen functional groups attached to an aromatic ring is 1. The summed E-state index contributed by atoms with van der Waals surface area (Å²) in [6, 6.07) is 5.47. The minimum Gasteiger partial charge on any atom is -0.399 e. The fraction of sp³-hybridized carbons (Fsp3) is 0.588. The Morgan fingerprint density at radius 3 is 2.71 bits per heavy atom. The first kappa shape index (κ1) is 15.8. The van der Waals surface area contributed by atoms with Crippen LogP contribution in [0.3, 0.4) is 0 Å². The topological polar surface area (TPSA) is 58.4 Å². The Bertz CT molecular complexity index is 515. The lowest BCUT2D eigenvalue weighted by Gasteiger charge is -2.38. The Labute approximate surface area is 127 Å². The van der Waals surface area contributed by atoms with Gasteiger partial charge in [-0.1, -0.05) is 13.8 Å². The van der Waals surface area contributed by atoms with Crippen molar-refractivity contribution < 1.29 is 4.79 Å². The van der Waals surface area contributed by atoms with E-state index in [2.05, 4.69) is 24.1 Å². The highest BCUT2D eigenvalue weighted by Crippen LogP contribution is 2.24. The van der Waals surface area contributed by atoms with Gasteiger partial charge in [0, 0.05) is 17.9 Å². The van der Waals surface area contributed by atoms with Crippen LogP contribution in [0.1, 0.15) is 32.8 Å². The molecule has 1 aliphatic heterocycles. The van der Waals surface area contributed by atoms with Gasteiger partial charge >= 0.3 is 0 Å². The Hall–Kier alpha value is -1.55. The number of rotatable bonds is 3. The number of nitrogens with zero attached hydrogens (tertiary/aromatic N) is 1. The molecule has 0 saturated carbocycles. The maximum absolute atomic E-state index is 12.5. The van der Waals surface area contributed by atoms with Gasteiger partial charge in [0.25, 0.3) is 0 Å². The second-order valence-electron chi connectivity index (χ2n) is 6.48. The van der Waals surface area contributed by atoms with Crippen LogP contribution in [0.25, 0.3) is 0 Å². The summed E-state index contributed by atoms with van der Waals surface area (Å²) < 4.78 is 0. The molecule has 4 nitrogen and oxygen atoms in total. The number of piperidine rings is 1. The first-order chi connectivity index (χ1) is 9.88. The van der Waals surface area contributed by atoms with E-state index in [4.69, 9.17) is 5.73 Å². The first-order valence-electron chi connectivity index (χ1n) is 7.79. The number of likely N-dealkylation sites (tertiary alicyclic amines) is 1. The molecule has 0 spiro atoms. The highest BCUT2D eigenvalue weighted by Gasteiger charge is 2.29. The Kier molecular flexibility index (Phi) is 4.88. The number of carbonyl (C=O) groups is 1. The third-order valence-electron chi connectivity index (χ3n) is 4.80. The Balaban J connectivity index is 1.99. The molecule has 0 aliphatic carbocycles. The minimum atomic E-state index is -0.100. The molecular weight excluding hydrogens is 262 g/mol. The molecule has 1 saturated heterocycles. The smallest absolute Gasteiger partial charge is 0.241 e. The number of benzene rings is 1. The molecule has 0 radical (unpaired) electrons. The van der Waals surface area contributed by atoms with Gasteiger partial charge in [0.05, 0.1) is 6.04 Å². The summed E-state index contributed by atoms with van der Waals surface area (Å²) in [5.41, 5.74) is 8.31. The van der Waals surface area contributed by atoms with E-state index in [9.17, 15) is 4.79 Å². The molecule has 2 rings (SSSR count). The first-order valence-corrected chi connectivity index (χ1v) is 7.79. The lowest BCUT2D eigenvalue weighted by atomic mass is 9.88. The second kappa shape index (κ2) is 6.48. The van der Waals surface area contributed by atoms with Crippen LogP contribution in [0, 0.1) is 18.8 Å². The maximum Gasteiger partial charge on any atom is 0.241 e. The molecule has 1 aromatic rings. The summed E-state index contributed by atoms with van der Waals surface area (Å²) >= 11 is 0. The van der Waals surface area contributed by atoms with E-state index >= 15 is 0 Å². The van der Waals surface area contributed by atoms with Gasteiger partial charge in [-0.3, -0.25) is 9.69 Å². The summed E-state index contributed by atoms with van der Waals surface area (Å²) in [6.07, 6.45) is 1.17. The van der Waals surface area contributed by atoms with Gasteiger partial charge in [-0.15, -0.1) is 0 Å². The number of aryl methyl sites for hydroxylation is 1. The molecule has 3 unspecified atom stereocenters. The number of hydrogen-bond acceptors (Lipinski definition) is 3. The number of nitrogens with two attached hydrogens (primary N) is 1. The van der Waals surface area contributed by atoms with Crippen LogP contribution in [0.2, 0.25) is 0 Å². The van der Waals surface area contributed by atoms with Gasteiger partial charge in [0.15, 0.2) is 0 Å². The van der Waals surface area contributed by atoms with E-state index in [1.807, 2.05) is 32.0 Å². The fourth-order valence-corrected chi connectivity index (χ4v) is 2.88. The number of nitrogens with one attached hydrogen (secondary N) is 1. The van der Waals surface area contributed by atoms with Crippen molar-refractivity contribution in [2.75, 3.05) is 24.1 Å². The molecular formula is C17H27N3O. The van der Waals surface area contributed by atoms with Crippen molar-refractivity contribution >= 4 is 17.3 Å². The zero-order valence-corrected chi connectivity index (χ0v) is 13.5. The van der Waals surface area contributed by atoms with Crippen LogP contribution in [0.15, 0.2) is 18.2 Å². The van der Waals surface area contributed by atoms with E-state index < -0.39 is 0 Å². The van der Waals surface area contributed by atoms with Crippen LogP contribution in [0.5, 0.6) is 0 Å². The summed E-state index contributed by atoms with van der Waals surface area (Å²) in [5.74, 6) is 1.45. The van der Waals surface area contributed by atoms with Gasteiger partial charge in [-0.05, 0) is 62.4 Å². The highest BCUT2D eigenvalue weighted by molar-refractivity contribution is 5.95. The van der Waals surface area contributed by atoms with Crippen molar-refractivity contribution in [2.24, 2.45) is 11.8 Å². The SMILES string of the molecule is Cc1cc(N)ccc1NC(=O)C(C)N1CCC(C)C(C)C1. The molecule has 3 N–H and O–H groups in total. The minimum absolute atomic E-state index is 0.0598. The average Bonchev–Trinajstić information content (AvgIpc) is 2.44. The molecule has 1 aliphatic rings. The van der Waals surface area contributed by atoms with E-state index in [0.717, 1.165) is 35.9 Å². The van der Waals surface area contributed by atoms with Crippen molar-refractivity contribution in [3.8, 4) is 0 Å². The predicted molar refractivity (Wildman–Crippen MR) is 88.2 cm³/mol. The molecule has 1 aromatic carbocycles. The maximum atomic E-state index is 12.5. The molecule has 0 bridgehead atoms. The van der Waals surface area contributed by atoms with Crippen molar-refractivity contribution in [3.63, 3.8) is 0 Å². The van der Waals surface area contributed by atoms with Crippen molar-refractivity contribution in [2.45, 2.75) is 40.2 Å². The van der Waals surface area contributed by atoms with Crippen LogP contribution in [0.4, 0.5) is 11.4 Å². The summed E-state index contributed by atoms with van der Waals surface area (Å²) in [6.45, 7) is 10.5. The number of anilines is 2. The van der Waals surface area contributed by atoms with E-state index in [-0.39, 0.29) is 11.9 Å². The average molecular weight is 289 g/mol. The van der Waals surface area contributed by atoms with E-state index in [1.54, 1.807) is 0 Å². The third-order valence-corrected chi connectivity index (χ3v) is 4.80. The number of hydrogen-bond donors (Lipinski definition) is 2. The van der Waals surface area contributed by atoms with Crippen LogP contribution >= 0.6 is 0 Å². The molecule has 3 atom stereocenters. The standard InChI is InChI=1S/C17H27N3O/c1-11-7-8-20(10-13(11)3)14(4)17(21)19-16-6-5-15(18)9-12(16)2/h5-6,9,11,13-14H,7-8,10,18H2,1-4H3,(H,19,21). The summed E-state index contributed by atoms with van der Waals surface area (Å²) in [7, 11) is 0. The van der Waals surface area contributed by atoms with Crippen LogP contribution in [-0.2, 0) is 4.79 Å². The molecule has 21 heavy (non-hydrogen) atoms. The largest absolute Gasteiger partial charge is 0.399 e. The summed E-state index contributed by atoms with van der Waals surface area (Å²) in [5, 5.41) is 3.02. The number of amides is 1. The van der Waals surface area contributed by atoms with Gasteiger partial charge in [0.2, 0.25) is 5.91 Å². The monoisotopic (exact) mass is 289 g/mol. The Morgan fingerprint density at radius 1 is 1.38 bits per heavy atom. The third kappa shape index (κ3) is 3.76. The molecule has 0 aromatic heterocycles. The normalized spacial score (nSPS) is 24.6. The number of carbonyl (C=O) groups excluding carboxylic acids is 1. The molecule has 1 fully saturated rings. The molecule has 4 heteroatoms. The van der Waals surface area contributed by atoms with Gasteiger partial charge in [-0.25, -0.2) is 0 Å². The van der Waals surface area contributed by atoms with Crippen molar-refractivity contribution in [3.05, 3.63) is 23.8 Å². The molecule has 1 heterocycles. The van der Waals surface area contributed by atoms with Crippen LogP contribution in [-0.4, -0.2) is 29.9 Å². The lowest BCUT2D eigenvalue weighted by molar-refractivity contribution is -0.121. The van der Waals surface area contributed by atoms with E-state index in [0.29, 0.717) is 5.92 Å². The highest BCUT2D eigenvalue weighted by atomic mass is 16.2. The van der Waals surface area contributed by atoms with Crippen molar-refractivity contribution in [1.29, 1.82) is 0 Å². The second-order valence-corrected chi connectivity index (χ2v) is 6.48. The quantitative estimate of drug-likeness (QED) is 0.841. The summed E-state index contributed by atoms with van der Waals surface area (Å²) in [4.78, 5) is 14.7.